The van der Waals surface area contributed by atoms with Gasteiger partial charge in [0.2, 0.25) is 5.95 Å². The highest BCUT2D eigenvalue weighted by Crippen LogP contribution is 2.24. The van der Waals surface area contributed by atoms with Gasteiger partial charge in [0, 0.05) is 18.2 Å². The quantitative estimate of drug-likeness (QED) is 0.762. The summed E-state index contributed by atoms with van der Waals surface area (Å²) in [6, 6.07) is 1.43. The van der Waals surface area contributed by atoms with E-state index < -0.39 is 5.97 Å². The summed E-state index contributed by atoms with van der Waals surface area (Å²) in [6.07, 6.45) is 3.72. The molecular formula is C13H19N3O3. The van der Waals surface area contributed by atoms with Crippen LogP contribution in [0.4, 0.5) is 5.95 Å². The number of carboxylic acid groups (broad SMARTS) is 1. The van der Waals surface area contributed by atoms with Gasteiger partial charge in [0.1, 0.15) is 0 Å². The summed E-state index contributed by atoms with van der Waals surface area (Å²) in [7, 11) is 0. The van der Waals surface area contributed by atoms with Crippen molar-refractivity contribution in [3.63, 3.8) is 0 Å². The Morgan fingerprint density at radius 2 is 2.16 bits per heavy atom. The lowest BCUT2D eigenvalue weighted by Gasteiger charge is -2.27. The second-order valence-electron chi connectivity index (χ2n) is 5.02. The minimum Gasteiger partial charge on any atom is -0.477 e. The molecule has 0 radical (unpaired) electrons. The molecule has 0 saturated heterocycles. The van der Waals surface area contributed by atoms with Crippen LogP contribution in [0.3, 0.4) is 0 Å². The first-order valence-corrected chi connectivity index (χ1v) is 6.57. The first-order chi connectivity index (χ1) is 9.06. The summed E-state index contributed by atoms with van der Waals surface area (Å²) in [6.45, 7) is 2.30. The van der Waals surface area contributed by atoms with Crippen LogP contribution in [0.25, 0.3) is 0 Å². The Bertz CT molecular complexity index is 464. The molecule has 6 heteroatoms. The molecule has 2 rings (SSSR count). The van der Waals surface area contributed by atoms with Gasteiger partial charge < -0.3 is 15.5 Å². The van der Waals surface area contributed by atoms with E-state index >= 15 is 0 Å². The summed E-state index contributed by atoms with van der Waals surface area (Å²) in [5.74, 6) is -0.562. The Morgan fingerprint density at radius 1 is 1.42 bits per heavy atom. The maximum atomic E-state index is 10.9. The van der Waals surface area contributed by atoms with E-state index in [4.69, 9.17) is 5.11 Å². The number of anilines is 1. The van der Waals surface area contributed by atoms with E-state index in [0.717, 1.165) is 25.7 Å². The second kappa shape index (κ2) is 5.97. The van der Waals surface area contributed by atoms with Crippen LogP contribution in [-0.4, -0.2) is 38.8 Å². The number of aromatic carboxylic acids is 1. The van der Waals surface area contributed by atoms with Crippen molar-refractivity contribution in [1.29, 1.82) is 0 Å². The SMILES string of the molecule is Cc1cc(C(=O)O)nc(NCC2CCCCC2O)n1. The molecule has 104 valence electrons. The summed E-state index contributed by atoms with van der Waals surface area (Å²) < 4.78 is 0. The minimum atomic E-state index is -1.06. The molecule has 1 fully saturated rings. The van der Waals surface area contributed by atoms with Gasteiger partial charge in [-0.2, -0.15) is 0 Å². The summed E-state index contributed by atoms with van der Waals surface area (Å²) in [5.41, 5.74) is 0.596. The van der Waals surface area contributed by atoms with Crippen LogP contribution >= 0.6 is 0 Å². The van der Waals surface area contributed by atoms with Gasteiger partial charge in [0.15, 0.2) is 5.69 Å². The summed E-state index contributed by atoms with van der Waals surface area (Å²) in [5, 5.41) is 21.8. The molecule has 1 heterocycles. The molecule has 1 aliphatic rings. The van der Waals surface area contributed by atoms with Crippen molar-refractivity contribution >= 4 is 11.9 Å². The summed E-state index contributed by atoms with van der Waals surface area (Å²) >= 11 is 0. The van der Waals surface area contributed by atoms with Crippen molar-refractivity contribution in [2.24, 2.45) is 5.92 Å². The lowest BCUT2D eigenvalue weighted by atomic mass is 9.86. The van der Waals surface area contributed by atoms with Crippen LogP contribution in [-0.2, 0) is 0 Å². The molecule has 19 heavy (non-hydrogen) atoms. The average Bonchev–Trinajstić information content (AvgIpc) is 2.37. The van der Waals surface area contributed by atoms with Crippen LogP contribution in [0.1, 0.15) is 41.9 Å². The van der Waals surface area contributed by atoms with Gasteiger partial charge in [0.25, 0.3) is 0 Å². The monoisotopic (exact) mass is 265 g/mol. The predicted octanol–water partition coefficient (Wildman–Crippen LogP) is 1.45. The predicted molar refractivity (Wildman–Crippen MR) is 70.2 cm³/mol. The third-order valence-electron chi connectivity index (χ3n) is 3.46. The molecule has 0 amide bonds. The molecule has 2 unspecified atom stereocenters. The minimum absolute atomic E-state index is 0.0146. The highest BCUT2D eigenvalue weighted by atomic mass is 16.4. The lowest BCUT2D eigenvalue weighted by molar-refractivity contribution is 0.0689. The molecule has 3 N–H and O–H groups in total. The molecule has 2 atom stereocenters. The topological polar surface area (TPSA) is 95.3 Å². The third kappa shape index (κ3) is 3.64. The van der Waals surface area contributed by atoms with Gasteiger partial charge in [-0.25, -0.2) is 14.8 Å². The molecule has 1 aromatic heterocycles. The van der Waals surface area contributed by atoms with Crippen molar-refractivity contribution in [1.82, 2.24) is 9.97 Å². The Labute approximate surface area is 111 Å². The number of aliphatic hydroxyl groups excluding tert-OH is 1. The van der Waals surface area contributed by atoms with E-state index in [0.29, 0.717) is 18.2 Å². The smallest absolute Gasteiger partial charge is 0.354 e. The number of aromatic nitrogens is 2. The van der Waals surface area contributed by atoms with Gasteiger partial charge >= 0.3 is 5.97 Å². The van der Waals surface area contributed by atoms with Crippen molar-refractivity contribution in [3.05, 3.63) is 17.5 Å². The standard InChI is InChI=1S/C13H19N3O3/c1-8-6-10(12(18)19)16-13(15-8)14-7-9-4-2-3-5-11(9)17/h6,9,11,17H,2-5,7H2,1H3,(H,18,19)(H,14,15,16). The number of nitrogens with zero attached hydrogens (tertiary/aromatic N) is 2. The molecule has 0 aromatic carbocycles. The fourth-order valence-corrected chi connectivity index (χ4v) is 2.41. The number of aliphatic hydroxyl groups is 1. The Hall–Kier alpha value is -1.69. The van der Waals surface area contributed by atoms with Crippen LogP contribution < -0.4 is 5.32 Å². The second-order valence-corrected chi connectivity index (χ2v) is 5.02. The van der Waals surface area contributed by atoms with Crippen molar-refractivity contribution in [2.75, 3.05) is 11.9 Å². The number of nitrogens with one attached hydrogen (secondary N) is 1. The average molecular weight is 265 g/mol. The number of rotatable bonds is 4. The highest BCUT2D eigenvalue weighted by Gasteiger charge is 2.23. The van der Waals surface area contributed by atoms with Gasteiger partial charge in [0.05, 0.1) is 6.10 Å². The zero-order valence-corrected chi connectivity index (χ0v) is 11.0. The zero-order valence-electron chi connectivity index (χ0n) is 11.0. The van der Waals surface area contributed by atoms with Gasteiger partial charge in [-0.3, -0.25) is 0 Å². The normalized spacial score (nSPS) is 23.1. The number of aryl methyl sites for hydroxylation is 1. The van der Waals surface area contributed by atoms with E-state index in [9.17, 15) is 9.90 Å². The Kier molecular flexibility index (Phi) is 4.31. The lowest BCUT2D eigenvalue weighted by Crippen LogP contribution is -2.30. The number of hydrogen-bond acceptors (Lipinski definition) is 5. The molecule has 0 bridgehead atoms. The van der Waals surface area contributed by atoms with E-state index in [1.54, 1.807) is 6.92 Å². The first kappa shape index (κ1) is 13.7. The third-order valence-corrected chi connectivity index (χ3v) is 3.46. The van der Waals surface area contributed by atoms with E-state index in [1.165, 1.54) is 6.07 Å². The van der Waals surface area contributed by atoms with Crippen molar-refractivity contribution < 1.29 is 15.0 Å². The maximum absolute atomic E-state index is 10.9. The molecule has 1 aromatic rings. The van der Waals surface area contributed by atoms with Gasteiger partial charge in [-0.15, -0.1) is 0 Å². The van der Waals surface area contributed by atoms with E-state index in [1.807, 2.05) is 0 Å². The molecule has 1 saturated carbocycles. The van der Waals surface area contributed by atoms with E-state index in [2.05, 4.69) is 15.3 Å². The Balaban J connectivity index is 2.00. The highest BCUT2D eigenvalue weighted by molar-refractivity contribution is 5.85. The van der Waals surface area contributed by atoms with Crippen LogP contribution in [0, 0.1) is 12.8 Å². The number of carbonyl (C=O) groups is 1. The zero-order chi connectivity index (χ0) is 13.8. The molecule has 1 aliphatic carbocycles. The fraction of sp³-hybridized carbons (Fsp3) is 0.615. The van der Waals surface area contributed by atoms with E-state index in [-0.39, 0.29) is 17.7 Å². The number of carboxylic acids is 1. The largest absolute Gasteiger partial charge is 0.477 e. The van der Waals surface area contributed by atoms with Gasteiger partial charge in [-0.05, 0) is 25.8 Å². The molecule has 0 aliphatic heterocycles. The maximum Gasteiger partial charge on any atom is 0.354 e. The molecule has 0 spiro atoms. The van der Waals surface area contributed by atoms with Crippen LogP contribution in [0.15, 0.2) is 6.07 Å². The Morgan fingerprint density at radius 3 is 2.84 bits per heavy atom. The fourth-order valence-electron chi connectivity index (χ4n) is 2.41. The van der Waals surface area contributed by atoms with Crippen LogP contribution in [0.5, 0.6) is 0 Å². The van der Waals surface area contributed by atoms with Gasteiger partial charge in [-0.1, -0.05) is 12.8 Å². The molecule has 6 nitrogen and oxygen atoms in total. The van der Waals surface area contributed by atoms with Crippen molar-refractivity contribution in [3.8, 4) is 0 Å². The molecular weight excluding hydrogens is 246 g/mol. The number of hydrogen-bond donors (Lipinski definition) is 3. The van der Waals surface area contributed by atoms with Crippen molar-refractivity contribution in [2.45, 2.75) is 38.7 Å². The first-order valence-electron chi connectivity index (χ1n) is 6.57. The summed E-state index contributed by atoms with van der Waals surface area (Å²) in [4.78, 5) is 19.0. The van der Waals surface area contributed by atoms with Crippen LogP contribution in [0.2, 0.25) is 0 Å².